The summed E-state index contributed by atoms with van der Waals surface area (Å²) in [5.41, 5.74) is 0.946. The Hall–Kier alpha value is -2.27. The van der Waals surface area contributed by atoms with Gasteiger partial charge in [-0.15, -0.1) is 11.3 Å². The molecule has 0 saturated carbocycles. The molecule has 0 fully saturated rings. The third kappa shape index (κ3) is 3.25. The predicted molar refractivity (Wildman–Crippen MR) is 85.5 cm³/mol. The average molecular weight is 300 g/mol. The van der Waals surface area contributed by atoms with Crippen LogP contribution in [-0.2, 0) is 11.3 Å². The molecule has 0 bridgehead atoms. The van der Waals surface area contributed by atoms with E-state index in [1.54, 1.807) is 23.7 Å². The molecule has 3 aromatic rings. The van der Waals surface area contributed by atoms with Crippen molar-refractivity contribution in [3.63, 3.8) is 0 Å². The summed E-state index contributed by atoms with van der Waals surface area (Å²) in [4.78, 5) is 12.0. The lowest BCUT2D eigenvalue weighted by atomic mass is 10.2. The van der Waals surface area contributed by atoms with Gasteiger partial charge in [-0.05, 0) is 54.1 Å². The van der Waals surface area contributed by atoms with Gasteiger partial charge in [-0.3, -0.25) is 4.79 Å². The normalized spacial score (nSPS) is 12.2. The Morgan fingerprint density at radius 2 is 2.24 bits per heavy atom. The molecule has 2 N–H and O–H groups in total. The van der Waals surface area contributed by atoms with E-state index in [-0.39, 0.29) is 11.9 Å². The lowest BCUT2D eigenvalue weighted by molar-refractivity contribution is -0.121. The molecular weight excluding hydrogens is 284 g/mol. The topological polar surface area (TPSA) is 54.3 Å². The van der Waals surface area contributed by atoms with Crippen LogP contribution in [0.1, 0.15) is 12.7 Å². The Labute approximate surface area is 126 Å². The highest BCUT2D eigenvalue weighted by molar-refractivity contribution is 7.17. The first-order valence-electron chi connectivity index (χ1n) is 6.76. The van der Waals surface area contributed by atoms with Gasteiger partial charge in [0.15, 0.2) is 0 Å². The van der Waals surface area contributed by atoms with Crippen molar-refractivity contribution in [1.82, 2.24) is 5.32 Å². The fourth-order valence-corrected chi connectivity index (χ4v) is 2.88. The van der Waals surface area contributed by atoms with Crippen LogP contribution < -0.4 is 10.6 Å². The highest BCUT2D eigenvalue weighted by Gasteiger charge is 2.12. The van der Waals surface area contributed by atoms with Crippen molar-refractivity contribution in [1.29, 1.82) is 0 Å². The van der Waals surface area contributed by atoms with Gasteiger partial charge in [-0.2, -0.15) is 0 Å². The minimum absolute atomic E-state index is 0.0585. The molecule has 0 saturated heterocycles. The van der Waals surface area contributed by atoms with Crippen molar-refractivity contribution >= 4 is 33.0 Å². The first-order valence-corrected chi connectivity index (χ1v) is 7.64. The monoisotopic (exact) mass is 300 g/mol. The number of hydrogen-bond acceptors (Lipinski definition) is 4. The van der Waals surface area contributed by atoms with Gasteiger partial charge >= 0.3 is 0 Å². The number of nitrogens with one attached hydrogen (secondary N) is 2. The summed E-state index contributed by atoms with van der Waals surface area (Å²) >= 11 is 1.71. The van der Waals surface area contributed by atoms with E-state index >= 15 is 0 Å². The number of hydrogen-bond donors (Lipinski definition) is 2. The van der Waals surface area contributed by atoms with E-state index in [9.17, 15) is 4.79 Å². The van der Waals surface area contributed by atoms with E-state index in [0.717, 1.165) is 11.4 Å². The third-order valence-electron chi connectivity index (χ3n) is 3.25. The zero-order valence-corrected chi connectivity index (χ0v) is 12.4. The van der Waals surface area contributed by atoms with Gasteiger partial charge in [0.1, 0.15) is 11.8 Å². The van der Waals surface area contributed by atoms with E-state index in [4.69, 9.17) is 4.42 Å². The molecule has 0 aliphatic rings. The van der Waals surface area contributed by atoms with Crippen LogP contribution in [0.15, 0.2) is 52.5 Å². The molecule has 1 unspecified atom stereocenters. The molecule has 1 amide bonds. The highest BCUT2D eigenvalue weighted by Crippen LogP contribution is 2.24. The van der Waals surface area contributed by atoms with E-state index in [2.05, 4.69) is 34.2 Å². The number of carbonyl (C=O) groups excluding carboxylic acids is 1. The summed E-state index contributed by atoms with van der Waals surface area (Å²) in [6.45, 7) is 2.25. The number of thiophene rings is 1. The van der Waals surface area contributed by atoms with E-state index in [0.29, 0.717) is 6.54 Å². The van der Waals surface area contributed by atoms with E-state index in [1.807, 2.05) is 19.1 Å². The standard InChI is InChI=1S/C16H16N2O2S/c1-11(16(19)17-10-14-3-2-7-20-14)18-13-4-5-15-12(9-13)6-8-21-15/h2-9,11,18H,10H2,1H3,(H,17,19). The molecule has 4 nitrogen and oxygen atoms in total. The van der Waals surface area contributed by atoms with Crippen molar-refractivity contribution in [3.05, 3.63) is 53.8 Å². The summed E-state index contributed by atoms with van der Waals surface area (Å²) < 4.78 is 6.43. The quantitative estimate of drug-likeness (QED) is 0.757. The second-order valence-electron chi connectivity index (χ2n) is 4.84. The van der Waals surface area contributed by atoms with Gasteiger partial charge in [0.05, 0.1) is 12.8 Å². The van der Waals surface area contributed by atoms with Crippen LogP contribution in [-0.4, -0.2) is 11.9 Å². The number of benzene rings is 1. The summed E-state index contributed by atoms with van der Waals surface area (Å²) in [5.74, 6) is 0.687. The maximum Gasteiger partial charge on any atom is 0.242 e. The van der Waals surface area contributed by atoms with Gasteiger partial charge in [0.25, 0.3) is 0 Å². The molecule has 1 aromatic carbocycles. The number of rotatable bonds is 5. The fraction of sp³-hybridized carbons (Fsp3) is 0.188. The Bertz CT molecular complexity index is 734. The Balaban J connectivity index is 1.59. The van der Waals surface area contributed by atoms with Crippen LogP contribution in [0.3, 0.4) is 0 Å². The summed E-state index contributed by atoms with van der Waals surface area (Å²) in [6.07, 6.45) is 1.60. The van der Waals surface area contributed by atoms with Crippen LogP contribution in [0.25, 0.3) is 10.1 Å². The summed E-state index contributed by atoms with van der Waals surface area (Å²) in [7, 11) is 0. The Morgan fingerprint density at radius 3 is 3.05 bits per heavy atom. The molecule has 0 radical (unpaired) electrons. The molecule has 1 atom stereocenters. The smallest absolute Gasteiger partial charge is 0.242 e. The summed E-state index contributed by atoms with van der Waals surface area (Å²) in [5, 5.41) is 9.31. The van der Waals surface area contributed by atoms with Crippen molar-refractivity contribution in [2.45, 2.75) is 19.5 Å². The maximum atomic E-state index is 12.0. The average Bonchev–Trinajstić information content (AvgIpc) is 3.15. The van der Waals surface area contributed by atoms with Crippen LogP contribution in [0.5, 0.6) is 0 Å². The highest BCUT2D eigenvalue weighted by atomic mass is 32.1. The van der Waals surface area contributed by atoms with Crippen LogP contribution >= 0.6 is 11.3 Å². The molecular formula is C16H16N2O2S. The van der Waals surface area contributed by atoms with E-state index in [1.165, 1.54) is 10.1 Å². The van der Waals surface area contributed by atoms with Crippen molar-refractivity contribution in [3.8, 4) is 0 Å². The number of carbonyl (C=O) groups is 1. The van der Waals surface area contributed by atoms with Crippen LogP contribution in [0.2, 0.25) is 0 Å². The largest absolute Gasteiger partial charge is 0.467 e. The van der Waals surface area contributed by atoms with Gasteiger partial charge in [-0.1, -0.05) is 0 Å². The molecule has 3 rings (SSSR count). The lowest BCUT2D eigenvalue weighted by Gasteiger charge is -2.15. The second-order valence-corrected chi connectivity index (χ2v) is 5.78. The molecule has 0 aliphatic heterocycles. The third-order valence-corrected chi connectivity index (χ3v) is 4.14. The molecule has 5 heteroatoms. The van der Waals surface area contributed by atoms with Crippen LogP contribution in [0.4, 0.5) is 5.69 Å². The van der Waals surface area contributed by atoms with Gasteiger partial charge in [-0.25, -0.2) is 0 Å². The van der Waals surface area contributed by atoms with Crippen molar-refractivity contribution in [2.24, 2.45) is 0 Å². The van der Waals surface area contributed by atoms with Crippen LogP contribution in [0, 0.1) is 0 Å². The van der Waals surface area contributed by atoms with E-state index < -0.39 is 0 Å². The number of fused-ring (bicyclic) bond motifs is 1. The van der Waals surface area contributed by atoms with Gasteiger partial charge < -0.3 is 15.1 Å². The number of furan rings is 1. The molecule has 2 aromatic heterocycles. The lowest BCUT2D eigenvalue weighted by Crippen LogP contribution is -2.37. The molecule has 21 heavy (non-hydrogen) atoms. The fourth-order valence-electron chi connectivity index (χ4n) is 2.11. The predicted octanol–water partition coefficient (Wildman–Crippen LogP) is 3.61. The zero-order chi connectivity index (χ0) is 14.7. The molecule has 108 valence electrons. The molecule has 0 aliphatic carbocycles. The maximum absolute atomic E-state index is 12.0. The Morgan fingerprint density at radius 1 is 1.33 bits per heavy atom. The number of anilines is 1. The first kappa shape index (κ1) is 13.7. The minimum Gasteiger partial charge on any atom is -0.467 e. The van der Waals surface area contributed by atoms with Crippen molar-refractivity contribution in [2.75, 3.05) is 5.32 Å². The zero-order valence-electron chi connectivity index (χ0n) is 11.6. The van der Waals surface area contributed by atoms with Gasteiger partial charge in [0.2, 0.25) is 5.91 Å². The first-order chi connectivity index (χ1) is 10.2. The SMILES string of the molecule is CC(Nc1ccc2sccc2c1)C(=O)NCc1ccco1. The number of amides is 1. The second kappa shape index (κ2) is 6.01. The summed E-state index contributed by atoms with van der Waals surface area (Å²) in [6, 6.07) is 11.5. The molecule has 2 heterocycles. The Kier molecular flexibility index (Phi) is 3.92. The minimum atomic E-state index is -0.309. The van der Waals surface area contributed by atoms with Gasteiger partial charge in [0, 0.05) is 10.4 Å². The molecule has 0 spiro atoms. The van der Waals surface area contributed by atoms with Crippen molar-refractivity contribution < 1.29 is 9.21 Å².